The van der Waals surface area contributed by atoms with Gasteiger partial charge in [-0.05, 0) is 44.3 Å². The van der Waals surface area contributed by atoms with E-state index >= 15 is 0 Å². The number of rotatable bonds is 10. The lowest BCUT2D eigenvalue weighted by Gasteiger charge is -2.23. The average Bonchev–Trinajstić information content (AvgIpc) is 3.00. The highest BCUT2D eigenvalue weighted by molar-refractivity contribution is 6.03. The Bertz CT molecular complexity index is 1620. The molecule has 41 heavy (non-hydrogen) atoms. The third-order valence-electron chi connectivity index (χ3n) is 7.05. The highest BCUT2D eigenvalue weighted by Crippen LogP contribution is 2.29. The largest absolute Gasteiger partial charge is 0.445 e. The molecular formula is C34H31N3O4. The second-order valence-corrected chi connectivity index (χ2v) is 9.91. The van der Waals surface area contributed by atoms with Crippen LogP contribution in [0.2, 0.25) is 0 Å². The predicted octanol–water partition coefficient (Wildman–Crippen LogP) is 5.04. The Morgan fingerprint density at radius 1 is 0.634 bits per heavy atom. The van der Waals surface area contributed by atoms with Crippen molar-refractivity contribution in [3.05, 3.63) is 132 Å². The minimum absolute atomic E-state index is 0.0599. The van der Waals surface area contributed by atoms with Gasteiger partial charge in [0.2, 0.25) is 11.8 Å². The van der Waals surface area contributed by atoms with Gasteiger partial charge in [-0.2, -0.15) is 0 Å². The van der Waals surface area contributed by atoms with E-state index in [1.54, 1.807) is 0 Å². The van der Waals surface area contributed by atoms with E-state index in [0.717, 1.165) is 38.2 Å². The molecule has 0 radical (unpaired) electrons. The van der Waals surface area contributed by atoms with E-state index in [0.29, 0.717) is 0 Å². The van der Waals surface area contributed by atoms with E-state index in [1.165, 1.54) is 0 Å². The van der Waals surface area contributed by atoms with Gasteiger partial charge in [-0.1, -0.05) is 109 Å². The van der Waals surface area contributed by atoms with Crippen molar-refractivity contribution in [3.63, 3.8) is 0 Å². The van der Waals surface area contributed by atoms with Crippen LogP contribution in [0.5, 0.6) is 0 Å². The molecule has 2 atom stereocenters. The number of carbonyl (C=O) groups is 3. The first-order valence-electron chi connectivity index (χ1n) is 13.5. The lowest BCUT2D eigenvalue weighted by molar-refractivity contribution is -0.128. The topological polar surface area (TPSA) is 111 Å². The quantitative estimate of drug-likeness (QED) is 0.214. The van der Waals surface area contributed by atoms with Crippen LogP contribution in [-0.4, -0.2) is 30.0 Å². The van der Waals surface area contributed by atoms with Gasteiger partial charge in [0.05, 0.1) is 0 Å². The van der Waals surface area contributed by atoms with Crippen molar-refractivity contribution >= 4 is 39.5 Å². The van der Waals surface area contributed by atoms with E-state index in [-0.39, 0.29) is 19.4 Å². The summed E-state index contributed by atoms with van der Waals surface area (Å²) >= 11 is 0. The number of nitrogens with one attached hydrogen (secondary N) is 2. The fourth-order valence-electron chi connectivity index (χ4n) is 4.99. The van der Waals surface area contributed by atoms with Crippen LogP contribution in [-0.2, 0) is 33.8 Å². The maximum absolute atomic E-state index is 13.6. The van der Waals surface area contributed by atoms with Gasteiger partial charge < -0.3 is 21.1 Å². The molecule has 0 aliphatic carbocycles. The highest BCUT2D eigenvalue weighted by Gasteiger charge is 2.27. The standard InChI is InChI=1S/C34H31N3O4/c35-32(38)30(21-29-27-17-9-7-15-25(27)20-26-16-8-10-18-28(26)29)36-33(39)31(19-23-11-3-1-4-12-23)37-34(40)41-22-24-13-5-2-6-14-24/h1-18,20,30-31H,19,21-22H2,(H2,35,38)(H,36,39)(H,37,40)/t30-,31+/m1/s1. The van der Waals surface area contributed by atoms with Gasteiger partial charge in [0.1, 0.15) is 18.7 Å². The molecule has 0 spiro atoms. The van der Waals surface area contributed by atoms with Crippen molar-refractivity contribution in [2.45, 2.75) is 31.5 Å². The molecule has 0 bridgehead atoms. The number of fused-ring (bicyclic) bond motifs is 2. The number of carbonyl (C=O) groups excluding carboxylic acids is 3. The number of amides is 3. The molecule has 0 saturated heterocycles. The van der Waals surface area contributed by atoms with Crippen LogP contribution in [0, 0.1) is 0 Å². The molecule has 0 aromatic heterocycles. The summed E-state index contributed by atoms with van der Waals surface area (Å²) in [4.78, 5) is 39.0. The van der Waals surface area contributed by atoms with Crippen LogP contribution in [0.4, 0.5) is 4.79 Å². The van der Waals surface area contributed by atoms with E-state index in [2.05, 4.69) is 16.7 Å². The summed E-state index contributed by atoms with van der Waals surface area (Å²) < 4.78 is 5.37. The van der Waals surface area contributed by atoms with E-state index in [1.807, 2.05) is 109 Å². The molecule has 7 heteroatoms. The van der Waals surface area contributed by atoms with Crippen LogP contribution >= 0.6 is 0 Å². The number of nitrogens with two attached hydrogens (primary N) is 1. The molecule has 7 nitrogen and oxygen atoms in total. The van der Waals surface area contributed by atoms with Gasteiger partial charge in [0.25, 0.3) is 0 Å². The highest BCUT2D eigenvalue weighted by atomic mass is 16.5. The van der Waals surface area contributed by atoms with Crippen molar-refractivity contribution in [1.29, 1.82) is 0 Å². The molecule has 206 valence electrons. The van der Waals surface area contributed by atoms with Crippen LogP contribution in [0.25, 0.3) is 21.5 Å². The fourth-order valence-corrected chi connectivity index (χ4v) is 4.99. The van der Waals surface area contributed by atoms with Crippen LogP contribution < -0.4 is 16.4 Å². The van der Waals surface area contributed by atoms with Gasteiger partial charge in [-0.15, -0.1) is 0 Å². The first kappa shape index (κ1) is 27.4. The summed E-state index contributed by atoms with van der Waals surface area (Å²) in [7, 11) is 0. The zero-order valence-electron chi connectivity index (χ0n) is 22.5. The second-order valence-electron chi connectivity index (χ2n) is 9.91. The SMILES string of the molecule is NC(=O)[C@@H](Cc1c2ccccc2cc2ccccc12)NC(=O)[C@H](Cc1ccccc1)NC(=O)OCc1ccccc1. The van der Waals surface area contributed by atoms with Crippen LogP contribution in [0.1, 0.15) is 16.7 Å². The van der Waals surface area contributed by atoms with Gasteiger partial charge in [0, 0.05) is 12.8 Å². The Balaban J connectivity index is 1.38. The minimum atomic E-state index is -1.00. The lowest BCUT2D eigenvalue weighted by Crippen LogP contribution is -2.54. The summed E-state index contributed by atoms with van der Waals surface area (Å²) in [6.07, 6.45) is -0.337. The molecular weight excluding hydrogens is 514 g/mol. The molecule has 5 aromatic rings. The summed E-state index contributed by atoms with van der Waals surface area (Å²) in [5.41, 5.74) is 8.40. The number of hydrogen-bond acceptors (Lipinski definition) is 4. The Labute approximate surface area is 238 Å². The Hall–Kier alpha value is -5.17. The minimum Gasteiger partial charge on any atom is -0.445 e. The van der Waals surface area contributed by atoms with Crippen molar-refractivity contribution in [3.8, 4) is 0 Å². The van der Waals surface area contributed by atoms with Gasteiger partial charge in [-0.3, -0.25) is 9.59 Å². The normalized spacial score (nSPS) is 12.4. The summed E-state index contributed by atoms with van der Waals surface area (Å²) in [5.74, 6) is -1.20. The number of hydrogen-bond donors (Lipinski definition) is 3. The molecule has 0 fully saturated rings. The summed E-state index contributed by atoms with van der Waals surface area (Å²) in [6.45, 7) is 0.0599. The molecule has 4 N–H and O–H groups in total. The molecule has 5 rings (SSSR count). The number of alkyl carbamates (subject to hydrolysis) is 1. The Morgan fingerprint density at radius 2 is 1.17 bits per heavy atom. The lowest BCUT2D eigenvalue weighted by atomic mass is 9.92. The number of primary amides is 1. The number of benzene rings is 5. The third-order valence-corrected chi connectivity index (χ3v) is 7.05. The Morgan fingerprint density at radius 3 is 1.76 bits per heavy atom. The molecule has 5 aromatic carbocycles. The zero-order valence-corrected chi connectivity index (χ0v) is 22.5. The molecule has 0 saturated carbocycles. The first-order valence-corrected chi connectivity index (χ1v) is 13.5. The number of ether oxygens (including phenoxy) is 1. The fraction of sp³-hybridized carbons (Fsp3) is 0.147. The van der Waals surface area contributed by atoms with E-state index in [4.69, 9.17) is 10.5 Å². The summed E-state index contributed by atoms with van der Waals surface area (Å²) in [5, 5.41) is 9.51. The van der Waals surface area contributed by atoms with Crippen molar-refractivity contribution < 1.29 is 19.1 Å². The maximum atomic E-state index is 13.6. The van der Waals surface area contributed by atoms with Crippen LogP contribution in [0.3, 0.4) is 0 Å². The van der Waals surface area contributed by atoms with Crippen molar-refractivity contribution in [2.24, 2.45) is 5.73 Å². The monoisotopic (exact) mass is 545 g/mol. The molecule has 0 unspecified atom stereocenters. The van der Waals surface area contributed by atoms with E-state index in [9.17, 15) is 14.4 Å². The van der Waals surface area contributed by atoms with Gasteiger partial charge in [-0.25, -0.2) is 4.79 Å². The molecule has 0 heterocycles. The average molecular weight is 546 g/mol. The van der Waals surface area contributed by atoms with E-state index < -0.39 is 30.0 Å². The maximum Gasteiger partial charge on any atom is 0.408 e. The van der Waals surface area contributed by atoms with Gasteiger partial charge >= 0.3 is 6.09 Å². The second kappa shape index (κ2) is 12.8. The zero-order chi connectivity index (χ0) is 28.6. The predicted molar refractivity (Wildman–Crippen MR) is 160 cm³/mol. The Kier molecular flexibility index (Phi) is 8.55. The van der Waals surface area contributed by atoms with Gasteiger partial charge in [0.15, 0.2) is 0 Å². The third kappa shape index (κ3) is 6.89. The van der Waals surface area contributed by atoms with Crippen LogP contribution in [0.15, 0.2) is 115 Å². The van der Waals surface area contributed by atoms with Crippen molar-refractivity contribution in [2.75, 3.05) is 0 Å². The smallest absolute Gasteiger partial charge is 0.408 e. The molecule has 0 aliphatic heterocycles. The summed E-state index contributed by atoms with van der Waals surface area (Å²) in [6, 6.07) is 34.5. The first-order chi connectivity index (χ1) is 20.0. The van der Waals surface area contributed by atoms with Crippen molar-refractivity contribution in [1.82, 2.24) is 10.6 Å². The molecule has 0 aliphatic rings. The molecule has 3 amide bonds.